The van der Waals surface area contributed by atoms with Gasteiger partial charge in [-0.05, 0) is 6.07 Å². The number of fused-ring (bicyclic) bond motifs is 1. The molecule has 25 heavy (non-hydrogen) atoms. The molecule has 0 aliphatic rings. The average molecular weight is 370 g/mol. The number of benzene rings is 1. The Bertz CT molecular complexity index is 813. The van der Waals surface area contributed by atoms with Gasteiger partial charge in [0.25, 0.3) is 0 Å². The number of nitrogens with zero attached hydrogens (tertiary/aromatic N) is 2. The maximum Gasteiger partial charge on any atom is 0.208 e. The fraction of sp³-hybridized carbons (Fsp3) is 0.467. The number of anilines is 1. The topological polar surface area (TPSA) is 112 Å². The molecule has 2 N–H and O–H groups in total. The van der Waals surface area contributed by atoms with Crippen molar-refractivity contribution in [2.75, 3.05) is 52.1 Å². The SMILES string of the molecule is COc1cc2ncnc(NCCOCCNS(C)(=O)=O)c2cc1OC. The van der Waals surface area contributed by atoms with E-state index < -0.39 is 10.0 Å². The van der Waals surface area contributed by atoms with Crippen LogP contribution in [0.1, 0.15) is 0 Å². The van der Waals surface area contributed by atoms with Gasteiger partial charge in [-0.3, -0.25) is 0 Å². The lowest BCUT2D eigenvalue weighted by molar-refractivity contribution is 0.149. The predicted octanol–water partition coefficient (Wildman–Crippen LogP) is 0.625. The minimum absolute atomic E-state index is 0.242. The summed E-state index contributed by atoms with van der Waals surface area (Å²) in [7, 11) is -0.0434. The summed E-state index contributed by atoms with van der Waals surface area (Å²) < 4.78 is 40.1. The van der Waals surface area contributed by atoms with Gasteiger partial charge >= 0.3 is 0 Å². The van der Waals surface area contributed by atoms with Crippen LogP contribution in [-0.2, 0) is 14.8 Å². The molecule has 2 rings (SSSR count). The highest BCUT2D eigenvalue weighted by atomic mass is 32.2. The van der Waals surface area contributed by atoms with E-state index in [0.29, 0.717) is 37.1 Å². The second kappa shape index (κ2) is 8.79. The fourth-order valence-electron chi connectivity index (χ4n) is 2.17. The highest BCUT2D eigenvalue weighted by Gasteiger charge is 2.10. The zero-order valence-corrected chi connectivity index (χ0v) is 15.2. The molecule has 1 aromatic heterocycles. The summed E-state index contributed by atoms with van der Waals surface area (Å²) in [4.78, 5) is 8.47. The Morgan fingerprint density at radius 2 is 1.72 bits per heavy atom. The Kier molecular flexibility index (Phi) is 6.73. The number of aromatic nitrogens is 2. The number of methoxy groups -OCH3 is 2. The third-order valence-electron chi connectivity index (χ3n) is 3.29. The molecule has 138 valence electrons. The number of hydrogen-bond donors (Lipinski definition) is 2. The van der Waals surface area contributed by atoms with E-state index in [1.165, 1.54) is 6.33 Å². The van der Waals surface area contributed by atoms with E-state index in [1.54, 1.807) is 20.3 Å². The van der Waals surface area contributed by atoms with Crippen LogP contribution >= 0.6 is 0 Å². The second-order valence-corrected chi connectivity index (χ2v) is 6.99. The lowest BCUT2D eigenvalue weighted by Gasteiger charge is -2.12. The molecule has 9 nitrogen and oxygen atoms in total. The Balaban J connectivity index is 1.93. The van der Waals surface area contributed by atoms with Crippen LogP contribution in [0.15, 0.2) is 18.5 Å². The van der Waals surface area contributed by atoms with Crippen molar-refractivity contribution in [3.63, 3.8) is 0 Å². The standard InChI is InChI=1S/C15H22N4O5S/c1-22-13-8-11-12(9-14(13)23-2)17-10-18-15(11)16-4-6-24-7-5-19-25(3,20)21/h8-10,19H,4-7H2,1-3H3,(H,16,17,18). The number of nitrogens with one attached hydrogen (secondary N) is 2. The Morgan fingerprint density at radius 3 is 2.40 bits per heavy atom. The van der Waals surface area contributed by atoms with Gasteiger partial charge in [-0.25, -0.2) is 23.1 Å². The molecule has 2 aromatic rings. The third-order valence-corrected chi connectivity index (χ3v) is 4.02. The molecule has 0 atom stereocenters. The van der Waals surface area contributed by atoms with E-state index in [1.807, 2.05) is 6.07 Å². The van der Waals surface area contributed by atoms with Crippen molar-refractivity contribution in [3.05, 3.63) is 18.5 Å². The summed E-state index contributed by atoms with van der Waals surface area (Å²) in [5, 5.41) is 3.98. The van der Waals surface area contributed by atoms with Crippen molar-refractivity contribution >= 4 is 26.7 Å². The van der Waals surface area contributed by atoms with Crippen LogP contribution in [0.25, 0.3) is 10.9 Å². The number of ether oxygens (including phenoxy) is 3. The first-order valence-electron chi connectivity index (χ1n) is 7.57. The van der Waals surface area contributed by atoms with E-state index in [-0.39, 0.29) is 6.54 Å². The van der Waals surface area contributed by atoms with Crippen LogP contribution in [-0.4, -0.2) is 65.2 Å². The second-order valence-electron chi connectivity index (χ2n) is 5.15. The van der Waals surface area contributed by atoms with Crippen LogP contribution in [0.4, 0.5) is 5.82 Å². The zero-order chi connectivity index (χ0) is 18.3. The molecule has 10 heteroatoms. The van der Waals surface area contributed by atoms with Gasteiger partial charge < -0.3 is 19.5 Å². The Labute approximate surface area is 146 Å². The number of rotatable bonds is 10. The first-order chi connectivity index (χ1) is 11.9. The zero-order valence-electron chi connectivity index (χ0n) is 14.4. The van der Waals surface area contributed by atoms with Gasteiger partial charge in [0.1, 0.15) is 12.1 Å². The van der Waals surface area contributed by atoms with E-state index in [9.17, 15) is 8.42 Å². The minimum Gasteiger partial charge on any atom is -0.493 e. The summed E-state index contributed by atoms with van der Waals surface area (Å²) in [6.07, 6.45) is 2.57. The van der Waals surface area contributed by atoms with Crippen molar-refractivity contribution in [2.45, 2.75) is 0 Å². The quantitative estimate of drug-likeness (QED) is 0.586. The number of sulfonamides is 1. The van der Waals surface area contributed by atoms with Crippen molar-refractivity contribution in [1.29, 1.82) is 0 Å². The molecular weight excluding hydrogens is 348 g/mol. The normalized spacial score (nSPS) is 11.5. The maximum absolute atomic E-state index is 10.9. The molecule has 1 aromatic carbocycles. The Hall–Kier alpha value is -2.17. The molecule has 0 unspecified atom stereocenters. The smallest absolute Gasteiger partial charge is 0.208 e. The van der Waals surface area contributed by atoms with Gasteiger partial charge in [-0.2, -0.15) is 0 Å². The van der Waals surface area contributed by atoms with Crippen LogP contribution in [0.5, 0.6) is 11.5 Å². The number of hydrogen-bond acceptors (Lipinski definition) is 8. The van der Waals surface area contributed by atoms with Crippen molar-refractivity contribution in [2.24, 2.45) is 0 Å². The van der Waals surface area contributed by atoms with E-state index in [0.717, 1.165) is 17.2 Å². The van der Waals surface area contributed by atoms with Gasteiger partial charge in [-0.1, -0.05) is 0 Å². The summed E-state index contributed by atoms with van der Waals surface area (Å²) in [5.74, 6) is 1.85. The van der Waals surface area contributed by atoms with E-state index in [4.69, 9.17) is 14.2 Å². The van der Waals surface area contributed by atoms with Crippen molar-refractivity contribution < 1.29 is 22.6 Å². The average Bonchev–Trinajstić information content (AvgIpc) is 2.58. The van der Waals surface area contributed by atoms with Gasteiger partial charge in [0, 0.05) is 24.5 Å². The minimum atomic E-state index is -3.18. The molecule has 0 spiro atoms. The third kappa shape index (κ3) is 5.69. The molecule has 0 amide bonds. The first kappa shape index (κ1) is 19.2. The molecule has 0 radical (unpaired) electrons. The van der Waals surface area contributed by atoms with E-state index in [2.05, 4.69) is 20.0 Å². The van der Waals surface area contributed by atoms with Crippen LogP contribution in [0.2, 0.25) is 0 Å². The molecule has 0 saturated heterocycles. The van der Waals surface area contributed by atoms with Crippen molar-refractivity contribution in [1.82, 2.24) is 14.7 Å². The van der Waals surface area contributed by atoms with Crippen LogP contribution < -0.4 is 19.5 Å². The van der Waals surface area contributed by atoms with Gasteiger partial charge in [0.05, 0.1) is 39.2 Å². The van der Waals surface area contributed by atoms with E-state index >= 15 is 0 Å². The molecule has 0 fully saturated rings. The lowest BCUT2D eigenvalue weighted by Crippen LogP contribution is -2.26. The summed E-state index contributed by atoms with van der Waals surface area (Å²) >= 11 is 0. The molecule has 0 aliphatic carbocycles. The lowest BCUT2D eigenvalue weighted by atomic mass is 10.2. The molecule has 1 heterocycles. The van der Waals surface area contributed by atoms with Gasteiger partial charge in [-0.15, -0.1) is 0 Å². The van der Waals surface area contributed by atoms with Crippen LogP contribution in [0.3, 0.4) is 0 Å². The largest absolute Gasteiger partial charge is 0.493 e. The highest BCUT2D eigenvalue weighted by Crippen LogP contribution is 2.33. The summed E-state index contributed by atoms with van der Waals surface area (Å²) in [6, 6.07) is 3.60. The first-order valence-corrected chi connectivity index (χ1v) is 9.46. The molecule has 0 saturated carbocycles. The van der Waals surface area contributed by atoms with Crippen LogP contribution in [0, 0.1) is 0 Å². The highest BCUT2D eigenvalue weighted by molar-refractivity contribution is 7.88. The van der Waals surface area contributed by atoms with Gasteiger partial charge in [0.2, 0.25) is 10.0 Å². The van der Waals surface area contributed by atoms with Gasteiger partial charge in [0.15, 0.2) is 11.5 Å². The van der Waals surface area contributed by atoms with Crippen molar-refractivity contribution in [3.8, 4) is 11.5 Å². The summed E-state index contributed by atoms with van der Waals surface area (Å²) in [5.41, 5.74) is 0.730. The predicted molar refractivity (Wildman–Crippen MR) is 94.8 cm³/mol. The molecule has 0 aliphatic heterocycles. The molecular formula is C15H22N4O5S. The molecule has 0 bridgehead atoms. The summed E-state index contributed by atoms with van der Waals surface area (Å²) in [6.45, 7) is 1.46. The Morgan fingerprint density at radius 1 is 1.04 bits per heavy atom. The fourth-order valence-corrected chi connectivity index (χ4v) is 2.62. The monoisotopic (exact) mass is 370 g/mol. The maximum atomic E-state index is 10.9.